The third kappa shape index (κ3) is 5.57. The summed E-state index contributed by atoms with van der Waals surface area (Å²) in [5, 5.41) is 2.92. The molecule has 0 saturated carbocycles. The van der Waals surface area contributed by atoms with Gasteiger partial charge in [0.05, 0.1) is 11.9 Å². The monoisotopic (exact) mass is 388 g/mol. The van der Waals surface area contributed by atoms with E-state index in [4.69, 9.17) is 0 Å². The molecule has 0 atom stereocenters. The number of anilines is 2. The lowest BCUT2D eigenvalue weighted by Crippen LogP contribution is -2.32. The highest BCUT2D eigenvalue weighted by Gasteiger charge is 2.20. The molecule has 0 spiro atoms. The molecule has 2 aromatic rings. The first-order chi connectivity index (χ1) is 12.6. The molecular weight excluding hydrogens is 360 g/mol. The molecule has 2 aromatic carbocycles. The Morgan fingerprint density at radius 1 is 1.04 bits per heavy atom. The van der Waals surface area contributed by atoms with Crippen LogP contribution in [-0.2, 0) is 14.8 Å². The van der Waals surface area contributed by atoms with Crippen LogP contribution in [0, 0.1) is 27.7 Å². The lowest BCUT2D eigenvalue weighted by atomic mass is 10.1. The number of nitrogens with one attached hydrogen (secondary N) is 1. The third-order valence-corrected chi connectivity index (χ3v) is 5.86. The van der Waals surface area contributed by atoms with Gasteiger partial charge in [-0.2, -0.15) is 0 Å². The van der Waals surface area contributed by atoms with Crippen molar-refractivity contribution in [3.63, 3.8) is 0 Å². The summed E-state index contributed by atoms with van der Waals surface area (Å²) >= 11 is 0. The molecular formula is C21H28N2O3S. The van der Waals surface area contributed by atoms with Gasteiger partial charge < -0.3 is 5.32 Å². The number of aryl methyl sites for hydroxylation is 3. The zero-order chi connectivity index (χ0) is 20.2. The van der Waals surface area contributed by atoms with E-state index in [0.29, 0.717) is 12.1 Å². The molecule has 0 fully saturated rings. The van der Waals surface area contributed by atoms with Gasteiger partial charge in [0.1, 0.15) is 0 Å². The average molecular weight is 389 g/mol. The van der Waals surface area contributed by atoms with Crippen LogP contribution in [0.3, 0.4) is 0 Å². The van der Waals surface area contributed by atoms with Gasteiger partial charge in [-0.15, -0.1) is 0 Å². The van der Waals surface area contributed by atoms with Gasteiger partial charge in [-0.05, 0) is 68.5 Å². The van der Waals surface area contributed by atoms with E-state index in [1.807, 2.05) is 58.0 Å². The zero-order valence-corrected chi connectivity index (χ0v) is 17.5. The number of carbonyl (C=O) groups is 1. The predicted molar refractivity (Wildman–Crippen MR) is 112 cm³/mol. The normalized spacial score (nSPS) is 11.3. The fraction of sp³-hybridized carbons (Fsp3) is 0.381. The summed E-state index contributed by atoms with van der Waals surface area (Å²) in [6.45, 7) is 8.06. The lowest BCUT2D eigenvalue weighted by molar-refractivity contribution is -0.116. The Kier molecular flexibility index (Phi) is 6.65. The van der Waals surface area contributed by atoms with Crippen LogP contribution < -0.4 is 9.62 Å². The molecule has 1 amide bonds. The van der Waals surface area contributed by atoms with Crippen LogP contribution in [0.1, 0.15) is 35.1 Å². The molecule has 5 nitrogen and oxygen atoms in total. The SMILES string of the molecule is Cc1ccc(C)c(NC(=O)CCCN(c2cccc(C)c2C)S(C)(=O)=O)c1. The molecule has 0 aliphatic carbocycles. The van der Waals surface area contributed by atoms with Crippen LogP contribution in [-0.4, -0.2) is 27.1 Å². The second kappa shape index (κ2) is 8.57. The smallest absolute Gasteiger partial charge is 0.232 e. The van der Waals surface area contributed by atoms with Crippen molar-refractivity contribution >= 4 is 27.3 Å². The second-order valence-corrected chi connectivity index (χ2v) is 8.93. The number of rotatable bonds is 7. The summed E-state index contributed by atoms with van der Waals surface area (Å²) in [7, 11) is -3.42. The standard InChI is InChI=1S/C21H28N2O3S/c1-15-11-12-17(3)19(14-15)22-21(24)10-7-13-23(27(5,25)26)20-9-6-8-16(2)18(20)4/h6,8-9,11-12,14H,7,10,13H2,1-5H3,(H,22,24). The van der Waals surface area contributed by atoms with Gasteiger partial charge in [0, 0.05) is 18.7 Å². The van der Waals surface area contributed by atoms with Crippen LogP contribution in [0.4, 0.5) is 11.4 Å². The van der Waals surface area contributed by atoms with Crippen LogP contribution in [0.2, 0.25) is 0 Å². The minimum atomic E-state index is -3.42. The fourth-order valence-electron chi connectivity index (χ4n) is 2.94. The van der Waals surface area contributed by atoms with E-state index in [-0.39, 0.29) is 18.9 Å². The molecule has 0 unspecified atom stereocenters. The summed E-state index contributed by atoms with van der Waals surface area (Å²) < 4.78 is 25.9. The molecule has 146 valence electrons. The van der Waals surface area contributed by atoms with Gasteiger partial charge in [0.15, 0.2) is 0 Å². The van der Waals surface area contributed by atoms with Crippen molar-refractivity contribution in [2.45, 2.75) is 40.5 Å². The Balaban J connectivity index is 2.05. The molecule has 27 heavy (non-hydrogen) atoms. The maximum absolute atomic E-state index is 12.3. The summed E-state index contributed by atoms with van der Waals surface area (Å²) in [6.07, 6.45) is 1.90. The maximum Gasteiger partial charge on any atom is 0.232 e. The van der Waals surface area contributed by atoms with Crippen molar-refractivity contribution in [3.8, 4) is 0 Å². The topological polar surface area (TPSA) is 66.5 Å². The van der Waals surface area contributed by atoms with Gasteiger partial charge in [-0.1, -0.05) is 24.3 Å². The van der Waals surface area contributed by atoms with Gasteiger partial charge in [-0.3, -0.25) is 9.10 Å². The van der Waals surface area contributed by atoms with Crippen LogP contribution in [0.25, 0.3) is 0 Å². The van der Waals surface area contributed by atoms with Crippen molar-refractivity contribution in [2.75, 3.05) is 22.4 Å². The number of hydrogen-bond acceptors (Lipinski definition) is 3. The fourth-order valence-corrected chi connectivity index (χ4v) is 3.95. The number of carbonyl (C=O) groups excluding carboxylic acids is 1. The van der Waals surface area contributed by atoms with Gasteiger partial charge in [0.2, 0.25) is 15.9 Å². The summed E-state index contributed by atoms with van der Waals surface area (Å²) in [5.74, 6) is -0.113. The number of benzene rings is 2. The molecule has 0 radical (unpaired) electrons. The van der Waals surface area contributed by atoms with Crippen molar-refractivity contribution in [3.05, 3.63) is 58.7 Å². The molecule has 0 saturated heterocycles. The third-order valence-electron chi connectivity index (χ3n) is 4.68. The number of nitrogens with zero attached hydrogens (tertiary/aromatic N) is 1. The first kappa shape index (κ1) is 21.0. The Hall–Kier alpha value is -2.34. The molecule has 0 aliphatic heterocycles. The Morgan fingerprint density at radius 3 is 2.41 bits per heavy atom. The summed E-state index contributed by atoms with van der Waals surface area (Å²) in [5.41, 5.74) is 5.52. The van der Waals surface area contributed by atoms with E-state index >= 15 is 0 Å². The molecule has 0 aromatic heterocycles. The van der Waals surface area contributed by atoms with Crippen LogP contribution in [0.15, 0.2) is 36.4 Å². The molecule has 0 aliphatic rings. The van der Waals surface area contributed by atoms with Crippen LogP contribution in [0.5, 0.6) is 0 Å². The van der Waals surface area contributed by atoms with Crippen molar-refractivity contribution in [1.29, 1.82) is 0 Å². The van der Waals surface area contributed by atoms with Crippen molar-refractivity contribution in [1.82, 2.24) is 0 Å². The molecule has 0 heterocycles. The Bertz CT molecular complexity index is 936. The van der Waals surface area contributed by atoms with Crippen LogP contribution >= 0.6 is 0 Å². The molecule has 2 rings (SSSR count). The lowest BCUT2D eigenvalue weighted by Gasteiger charge is -2.25. The van der Waals surface area contributed by atoms with E-state index < -0.39 is 10.0 Å². The Morgan fingerprint density at radius 2 is 1.74 bits per heavy atom. The van der Waals surface area contributed by atoms with Gasteiger partial charge in [-0.25, -0.2) is 8.42 Å². The van der Waals surface area contributed by atoms with E-state index in [2.05, 4.69) is 5.32 Å². The minimum Gasteiger partial charge on any atom is -0.326 e. The van der Waals surface area contributed by atoms with E-state index in [9.17, 15) is 13.2 Å². The first-order valence-electron chi connectivity index (χ1n) is 9.00. The van der Waals surface area contributed by atoms with E-state index in [0.717, 1.165) is 27.9 Å². The highest BCUT2D eigenvalue weighted by Crippen LogP contribution is 2.25. The zero-order valence-electron chi connectivity index (χ0n) is 16.7. The average Bonchev–Trinajstić information content (AvgIpc) is 2.57. The van der Waals surface area contributed by atoms with Gasteiger partial charge in [0.25, 0.3) is 0 Å². The van der Waals surface area contributed by atoms with Crippen molar-refractivity contribution < 1.29 is 13.2 Å². The highest BCUT2D eigenvalue weighted by molar-refractivity contribution is 7.92. The summed E-state index contributed by atoms with van der Waals surface area (Å²) in [4.78, 5) is 12.3. The van der Waals surface area contributed by atoms with Crippen molar-refractivity contribution in [2.24, 2.45) is 0 Å². The number of sulfonamides is 1. The predicted octanol–water partition coefficient (Wildman–Crippen LogP) is 4.11. The molecule has 0 bridgehead atoms. The molecule has 1 N–H and O–H groups in total. The Labute approximate surface area is 162 Å². The number of amides is 1. The minimum absolute atomic E-state index is 0.113. The maximum atomic E-state index is 12.3. The number of hydrogen-bond donors (Lipinski definition) is 1. The first-order valence-corrected chi connectivity index (χ1v) is 10.9. The highest BCUT2D eigenvalue weighted by atomic mass is 32.2. The summed E-state index contributed by atoms with van der Waals surface area (Å²) in [6, 6.07) is 11.5. The largest absolute Gasteiger partial charge is 0.326 e. The van der Waals surface area contributed by atoms with E-state index in [1.165, 1.54) is 10.6 Å². The van der Waals surface area contributed by atoms with Gasteiger partial charge >= 0.3 is 0 Å². The second-order valence-electron chi connectivity index (χ2n) is 7.02. The quantitative estimate of drug-likeness (QED) is 0.776. The van der Waals surface area contributed by atoms with E-state index in [1.54, 1.807) is 6.07 Å². The molecule has 6 heteroatoms.